The smallest absolute Gasteiger partial charge is 0.251 e. The Labute approximate surface area is 186 Å². The molecular formula is C23H17N5O3S. The van der Waals surface area contributed by atoms with Crippen molar-refractivity contribution in [3.63, 3.8) is 0 Å². The van der Waals surface area contributed by atoms with Crippen molar-refractivity contribution in [1.29, 1.82) is 5.26 Å². The van der Waals surface area contributed by atoms with Gasteiger partial charge < -0.3 is 9.84 Å². The van der Waals surface area contributed by atoms with E-state index < -0.39 is 17.6 Å². The Balaban J connectivity index is 1.62. The first-order valence-electron chi connectivity index (χ1n) is 10.0. The molecule has 0 aromatic carbocycles. The van der Waals surface area contributed by atoms with E-state index in [0.29, 0.717) is 11.6 Å². The lowest BCUT2D eigenvalue weighted by molar-refractivity contribution is -0.117. The number of fused-ring (bicyclic) bond motifs is 2. The molecule has 1 atom stereocenters. The molecule has 0 saturated carbocycles. The molecule has 0 fully saturated rings. The van der Waals surface area contributed by atoms with Crippen LogP contribution in [0.15, 0.2) is 64.3 Å². The molecule has 1 unspecified atom stereocenters. The lowest BCUT2D eigenvalue weighted by Gasteiger charge is -2.18. The largest absolute Gasteiger partial charge is 0.363 e. The van der Waals surface area contributed by atoms with Crippen molar-refractivity contribution in [3.05, 3.63) is 76.0 Å². The van der Waals surface area contributed by atoms with E-state index in [1.165, 1.54) is 24.1 Å². The van der Waals surface area contributed by atoms with Gasteiger partial charge in [-0.25, -0.2) is 0 Å². The minimum atomic E-state index is -1.57. The van der Waals surface area contributed by atoms with Crippen LogP contribution >= 0.6 is 11.8 Å². The van der Waals surface area contributed by atoms with Crippen LogP contribution in [0.1, 0.15) is 29.4 Å². The van der Waals surface area contributed by atoms with Crippen molar-refractivity contribution in [3.8, 4) is 6.07 Å². The molecule has 1 amide bonds. The third-order valence-corrected chi connectivity index (χ3v) is 6.33. The molecule has 32 heavy (non-hydrogen) atoms. The average Bonchev–Trinajstić information content (AvgIpc) is 3.48. The van der Waals surface area contributed by atoms with E-state index in [2.05, 4.69) is 26.2 Å². The maximum atomic E-state index is 13.4. The number of thioether (sulfide) groups is 1. The molecule has 8 nitrogen and oxygen atoms in total. The Morgan fingerprint density at radius 3 is 2.91 bits per heavy atom. The van der Waals surface area contributed by atoms with Crippen LogP contribution in [0.25, 0.3) is 11.0 Å². The number of allylic oxidation sites excluding steroid dienone is 8. The first kappa shape index (κ1) is 20.0. The molecular weight excluding hydrogens is 426 g/mol. The fraction of sp³-hybridized carbons (Fsp3) is 0.174. The van der Waals surface area contributed by atoms with E-state index >= 15 is 0 Å². The highest BCUT2D eigenvalue weighted by molar-refractivity contribution is 8.10. The Kier molecular flexibility index (Phi) is 5.21. The van der Waals surface area contributed by atoms with Gasteiger partial charge in [-0.15, -0.1) is 0 Å². The van der Waals surface area contributed by atoms with Gasteiger partial charge in [0.1, 0.15) is 12.0 Å². The highest BCUT2D eigenvalue weighted by Gasteiger charge is 2.33. The first-order chi connectivity index (χ1) is 15.7. The molecule has 0 radical (unpaired) electrons. The summed E-state index contributed by atoms with van der Waals surface area (Å²) >= 11 is 1.51. The Morgan fingerprint density at radius 1 is 1.31 bits per heavy atom. The lowest BCUT2D eigenvalue weighted by atomic mass is 10.00. The molecule has 3 heterocycles. The summed E-state index contributed by atoms with van der Waals surface area (Å²) in [5.74, 6) is -2.86. The zero-order valence-electron chi connectivity index (χ0n) is 16.8. The Morgan fingerprint density at radius 2 is 2.16 bits per heavy atom. The number of nitrogens with one attached hydrogen (secondary N) is 1. The first-order valence-corrected chi connectivity index (χ1v) is 10.9. The van der Waals surface area contributed by atoms with Gasteiger partial charge in [0.15, 0.2) is 11.7 Å². The maximum Gasteiger partial charge on any atom is 0.251 e. The average molecular weight is 443 g/mol. The Bertz CT molecular complexity index is 1370. The van der Waals surface area contributed by atoms with Gasteiger partial charge in [0, 0.05) is 16.2 Å². The Hall–Kier alpha value is -3.90. The number of rotatable bonds is 5. The predicted octanol–water partition coefficient (Wildman–Crippen LogP) is 2.37. The van der Waals surface area contributed by atoms with E-state index in [1.807, 2.05) is 52.6 Å². The van der Waals surface area contributed by atoms with Gasteiger partial charge in [-0.2, -0.15) is 10.4 Å². The molecule has 3 aliphatic rings. The summed E-state index contributed by atoms with van der Waals surface area (Å²) in [6.07, 6.45) is 17.1. The van der Waals surface area contributed by atoms with Crippen LogP contribution < -0.4 is 15.9 Å². The van der Waals surface area contributed by atoms with E-state index in [1.54, 1.807) is 0 Å². The second kappa shape index (κ2) is 8.32. The summed E-state index contributed by atoms with van der Waals surface area (Å²) in [6.45, 7) is 0. The van der Waals surface area contributed by atoms with Crippen molar-refractivity contribution < 1.29 is 14.1 Å². The van der Waals surface area contributed by atoms with Crippen molar-refractivity contribution in [1.82, 2.24) is 14.9 Å². The highest BCUT2D eigenvalue weighted by Crippen LogP contribution is 2.33. The molecule has 2 aliphatic carbocycles. The number of carbonyl (C=O) groups excluding carboxylic acids is 2. The van der Waals surface area contributed by atoms with Crippen molar-refractivity contribution >= 4 is 40.3 Å². The van der Waals surface area contributed by atoms with Crippen LogP contribution in [0.5, 0.6) is 0 Å². The van der Waals surface area contributed by atoms with Crippen molar-refractivity contribution in [2.75, 3.05) is 5.32 Å². The predicted molar refractivity (Wildman–Crippen MR) is 119 cm³/mol. The number of anilines is 1. The maximum absolute atomic E-state index is 13.4. The third-order valence-electron chi connectivity index (χ3n) is 5.34. The number of ketones is 1. The van der Waals surface area contributed by atoms with Gasteiger partial charge >= 0.3 is 0 Å². The fourth-order valence-electron chi connectivity index (χ4n) is 3.84. The standard InChI is InChI=1S/C23H17N5O3S/c24-12-16(23(30)25-19-10-11-31-27-19)22(29)20-17-13-32-18-9-5-4-8-15(18)21(17)28(26-20)14-6-2-1-3-7-14/h2-7,9-11,13-14,16H,1,8H2,(H,25,27,30). The summed E-state index contributed by atoms with van der Waals surface area (Å²) in [5, 5.41) is 23.7. The zero-order valence-corrected chi connectivity index (χ0v) is 17.6. The van der Waals surface area contributed by atoms with Gasteiger partial charge in [-0.05, 0) is 29.9 Å². The van der Waals surface area contributed by atoms with Gasteiger partial charge in [0.25, 0.3) is 5.91 Å². The molecule has 0 spiro atoms. The minimum absolute atomic E-state index is 0.114. The fourth-order valence-corrected chi connectivity index (χ4v) is 4.78. The van der Waals surface area contributed by atoms with Crippen LogP contribution in [0.4, 0.5) is 5.82 Å². The van der Waals surface area contributed by atoms with Gasteiger partial charge in [-0.1, -0.05) is 53.4 Å². The number of nitrogens with zero attached hydrogens (tertiary/aromatic N) is 4. The van der Waals surface area contributed by atoms with Crippen LogP contribution in [0.3, 0.4) is 0 Å². The normalized spacial score (nSPS) is 17.6. The van der Waals surface area contributed by atoms with Gasteiger partial charge in [0.05, 0.1) is 17.5 Å². The number of hydrogen-bond acceptors (Lipinski definition) is 7. The number of nitriles is 1. The highest BCUT2D eigenvalue weighted by atomic mass is 32.2. The number of aromatic nitrogens is 3. The zero-order chi connectivity index (χ0) is 22.1. The van der Waals surface area contributed by atoms with E-state index in [0.717, 1.165) is 22.2 Å². The van der Waals surface area contributed by atoms with Gasteiger partial charge in [-0.3, -0.25) is 14.3 Å². The summed E-state index contributed by atoms with van der Waals surface area (Å²) in [5.41, 5.74) is 1.19. The number of hydrogen-bond donors (Lipinski definition) is 1. The summed E-state index contributed by atoms with van der Waals surface area (Å²) in [4.78, 5) is 27.1. The molecule has 2 aromatic heterocycles. The van der Waals surface area contributed by atoms with Crippen molar-refractivity contribution in [2.45, 2.75) is 18.9 Å². The second-order valence-corrected chi connectivity index (χ2v) is 8.23. The SMILES string of the molecule is N#CC(C(=O)Nc1ccon1)C(=O)c1nn(C2C=CCC=C2)c2c1=CSC1=CC=CCC=21. The summed E-state index contributed by atoms with van der Waals surface area (Å²) < 4.78 is 6.50. The molecule has 1 aliphatic heterocycles. The topological polar surface area (TPSA) is 114 Å². The monoisotopic (exact) mass is 443 g/mol. The minimum Gasteiger partial charge on any atom is -0.363 e. The quantitative estimate of drug-likeness (QED) is 0.429. The molecule has 0 saturated heterocycles. The lowest BCUT2D eigenvalue weighted by Crippen LogP contribution is -2.38. The number of amides is 1. The number of Topliss-reactive ketones (excluding diaryl/α,β-unsaturated/α-hetero) is 1. The van der Waals surface area contributed by atoms with Crippen LogP contribution in [0, 0.1) is 17.2 Å². The summed E-state index contributed by atoms with van der Waals surface area (Å²) in [7, 11) is 0. The molecule has 0 bridgehead atoms. The molecule has 5 rings (SSSR count). The second-order valence-electron chi connectivity index (χ2n) is 7.32. The molecule has 158 valence electrons. The van der Waals surface area contributed by atoms with Crippen molar-refractivity contribution in [2.24, 2.45) is 5.92 Å². The molecule has 2 aromatic rings. The van der Waals surface area contributed by atoms with E-state index in [-0.39, 0.29) is 17.6 Å². The van der Waals surface area contributed by atoms with Crippen LogP contribution in [0.2, 0.25) is 0 Å². The number of carbonyl (C=O) groups is 2. The summed E-state index contributed by atoms with van der Waals surface area (Å²) in [6, 6.07) is 3.10. The van der Waals surface area contributed by atoms with E-state index in [4.69, 9.17) is 0 Å². The van der Waals surface area contributed by atoms with Crippen LogP contribution in [-0.2, 0) is 4.79 Å². The molecule has 1 N–H and O–H groups in total. The van der Waals surface area contributed by atoms with Crippen LogP contribution in [-0.4, -0.2) is 26.6 Å². The third kappa shape index (κ3) is 3.44. The van der Waals surface area contributed by atoms with E-state index in [9.17, 15) is 14.9 Å². The molecule has 9 heteroatoms. The van der Waals surface area contributed by atoms with Gasteiger partial charge in [0.2, 0.25) is 5.78 Å².